The van der Waals surface area contributed by atoms with E-state index in [4.69, 9.17) is 17.7 Å². The topological polar surface area (TPSA) is 3.24 Å². The van der Waals surface area contributed by atoms with E-state index in [1.54, 1.807) is 0 Å². The number of halogens is 2. The molecule has 0 fully saturated rings. The molecule has 0 saturated carbocycles. The van der Waals surface area contributed by atoms with Gasteiger partial charge in [0.1, 0.15) is 0 Å². The number of fused-ring (bicyclic) bond motifs is 1. The number of hydrogen-bond donors (Lipinski definition) is 0. The van der Waals surface area contributed by atoms with Crippen molar-refractivity contribution in [2.45, 2.75) is 13.8 Å². The normalized spacial score (nSPS) is 13.1. The SMILES string of the molecule is Cc1cc[c]([Sb]([Cl])([Cl])([c]2ccc(C)cc2)[c]2cccc3cccc(N(C)C)c23)cc1. The second-order valence-electron chi connectivity index (χ2n) is 8.12. The summed E-state index contributed by atoms with van der Waals surface area (Å²) in [4.78, 5) is 2.14. The predicted octanol–water partition coefficient (Wildman–Crippen LogP) is 5.42. The molecule has 0 aliphatic heterocycles. The molecule has 0 radical (unpaired) electrons. The summed E-state index contributed by atoms with van der Waals surface area (Å²) in [6.45, 7) is 4.17. The third kappa shape index (κ3) is 3.42. The average molecular weight is 545 g/mol. The fraction of sp³-hybridized carbons (Fsp3) is 0.154. The molecule has 0 N–H and O–H groups in total. The molecule has 0 atom stereocenters. The van der Waals surface area contributed by atoms with Gasteiger partial charge in [0.25, 0.3) is 0 Å². The zero-order chi connectivity index (χ0) is 21.5. The van der Waals surface area contributed by atoms with Crippen LogP contribution in [0.2, 0.25) is 0 Å². The molecule has 0 bridgehead atoms. The van der Waals surface area contributed by atoms with Crippen LogP contribution in [-0.2, 0) is 0 Å². The fourth-order valence-electron chi connectivity index (χ4n) is 4.04. The Hall–Kier alpha value is -1.66. The number of aryl methyl sites for hydroxylation is 2. The summed E-state index contributed by atoms with van der Waals surface area (Å²) in [5.41, 5.74) is 3.51. The monoisotopic (exact) mass is 543 g/mol. The van der Waals surface area contributed by atoms with Crippen molar-refractivity contribution in [1.29, 1.82) is 0 Å². The van der Waals surface area contributed by atoms with E-state index >= 15 is 0 Å². The van der Waals surface area contributed by atoms with Crippen LogP contribution in [0.4, 0.5) is 5.69 Å². The second kappa shape index (κ2) is 7.79. The third-order valence-corrected chi connectivity index (χ3v) is 23.8. The van der Waals surface area contributed by atoms with Crippen molar-refractivity contribution in [1.82, 2.24) is 0 Å². The predicted molar refractivity (Wildman–Crippen MR) is 137 cm³/mol. The number of anilines is 1. The van der Waals surface area contributed by atoms with Crippen LogP contribution < -0.4 is 15.4 Å². The van der Waals surface area contributed by atoms with Gasteiger partial charge >= 0.3 is 189 Å². The van der Waals surface area contributed by atoms with Crippen molar-refractivity contribution in [3.8, 4) is 0 Å². The average Bonchev–Trinajstić information content (AvgIpc) is 2.73. The molecule has 0 aromatic heterocycles. The molecule has 0 spiro atoms. The van der Waals surface area contributed by atoms with Gasteiger partial charge in [0.15, 0.2) is 0 Å². The molecule has 4 aromatic rings. The van der Waals surface area contributed by atoms with Gasteiger partial charge in [0, 0.05) is 0 Å². The summed E-state index contributed by atoms with van der Waals surface area (Å²) < 4.78 is 3.11. The number of benzene rings is 4. The number of rotatable bonds is 4. The van der Waals surface area contributed by atoms with Gasteiger partial charge in [0.05, 0.1) is 0 Å². The van der Waals surface area contributed by atoms with E-state index in [1.165, 1.54) is 11.1 Å². The van der Waals surface area contributed by atoms with Crippen LogP contribution in [0.1, 0.15) is 11.1 Å². The van der Waals surface area contributed by atoms with Gasteiger partial charge in [-0.2, -0.15) is 0 Å². The van der Waals surface area contributed by atoms with Crippen molar-refractivity contribution in [3.63, 3.8) is 0 Å². The van der Waals surface area contributed by atoms with Gasteiger partial charge in [-0.25, -0.2) is 0 Å². The molecule has 4 aromatic carbocycles. The van der Waals surface area contributed by atoms with Crippen LogP contribution in [0.3, 0.4) is 0 Å². The van der Waals surface area contributed by atoms with Crippen molar-refractivity contribution in [3.05, 3.63) is 96.1 Å². The molecule has 0 aliphatic carbocycles. The first-order valence-electron chi connectivity index (χ1n) is 10.0. The molecule has 30 heavy (non-hydrogen) atoms. The van der Waals surface area contributed by atoms with Crippen molar-refractivity contribution in [2.24, 2.45) is 0 Å². The minimum absolute atomic E-state index is 1.03. The first-order valence-corrected chi connectivity index (χ1v) is 20.3. The van der Waals surface area contributed by atoms with Crippen molar-refractivity contribution < 1.29 is 0 Å². The third-order valence-electron chi connectivity index (χ3n) is 5.74. The zero-order valence-corrected chi connectivity index (χ0v) is 21.8. The van der Waals surface area contributed by atoms with Gasteiger partial charge in [-0.1, -0.05) is 0 Å². The van der Waals surface area contributed by atoms with Gasteiger partial charge < -0.3 is 0 Å². The van der Waals surface area contributed by atoms with E-state index in [2.05, 4.69) is 118 Å². The Kier molecular flexibility index (Phi) is 5.60. The molecule has 1 nitrogen and oxygen atoms in total. The molecule has 4 heteroatoms. The van der Waals surface area contributed by atoms with Crippen LogP contribution in [0, 0.1) is 13.8 Å². The Morgan fingerprint density at radius 2 is 1.10 bits per heavy atom. The van der Waals surface area contributed by atoms with Crippen LogP contribution >= 0.6 is 17.7 Å². The van der Waals surface area contributed by atoms with Crippen molar-refractivity contribution >= 4 is 59.8 Å². The Bertz CT molecular complexity index is 1160. The molecular formula is C26H26Cl2NSb. The van der Waals surface area contributed by atoms with E-state index < -0.39 is 15.1 Å². The Balaban J connectivity index is 2.18. The molecule has 0 aliphatic rings. The van der Waals surface area contributed by atoms with Crippen molar-refractivity contribution in [2.75, 3.05) is 19.0 Å². The number of hydrogen-bond acceptors (Lipinski definition) is 1. The maximum atomic E-state index is 7.88. The van der Waals surface area contributed by atoms with Crippen LogP contribution in [0.25, 0.3) is 10.8 Å². The van der Waals surface area contributed by atoms with Gasteiger partial charge in [-0.3, -0.25) is 0 Å². The van der Waals surface area contributed by atoms with Crippen LogP contribution in [-0.4, -0.2) is 29.2 Å². The van der Waals surface area contributed by atoms with E-state index in [1.807, 2.05) is 0 Å². The van der Waals surface area contributed by atoms with Crippen LogP contribution in [0.15, 0.2) is 84.9 Å². The number of nitrogens with zero attached hydrogens (tertiary/aromatic N) is 1. The standard InChI is InChI=1S/C12H12N.2C7H7.2ClH.Sb/c1-13(2)12-9-5-7-10-6-3-4-8-11(10)12;2*1-7-5-3-2-4-6-7;;;/h3-7,9H,1-2H3;2*3-6H,1H3;2*1H;/q;;;;;+2/p-2. The Morgan fingerprint density at radius 3 is 1.57 bits per heavy atom. The second-order valence-corrected chi connectivity index (χ2v) is 27.9. The minimum atomic E-state index is -4.82. The summed E-state index contributed by atoms with van der Waals surface area (Å²) in [7, 11) is 19.9. The van der Waals surface area contributed by atoms with Gasteiger partial charge in [-0.05, 0) is 0 Å². The molecule has 0 saturated heterocycles. The Labute approximate surface area is 187 Å². The molecule has 0 heterocycles. The van der Waals surface area contributed by atoms with Gasteiger partial charge in [0.2, 0.25) is 0 Å². The maximum absolute atomic E-state index is 7.88. The first kappa shape index (κ1) is 21.6. The van der Waals surface area contributed by atoms with Crippen LogP contribution in [0.5, 0.6) is 0 Å². The Morgan fingerprint density at radius 1 is 0.633 bits per heavy atom. The van der Waals surface area contributed by atoms with E-state index in [0.29, 0.717) is 0 Å². The molecular weight excluding hydrogens is 519 g/mol. The fourth-order valence-corrected chi connectivity index (χ4v) is 18.0. The molecule has 154 valence electrons. The zero-order valence-electron chi connectivity index (χ0n) is 17.7. The van der Waals surface area contributed by atoms with E-state index in [0.717, 1.165) is 27.0 Å². The quantitative estimate of drug-likeness (QED) is 0.310. The summed E-state index contributed by atoms with van der Waals surface area (Å²) in [6, 6.07) is 29.6. The van der Waals surface area contributed by atoms with Gasteiger partial charge in [-0.15, -0.1) is 0 Å². The molecule has 0 unspecified atom stereocenters. The molecule has 4 rings (SSSR count). The first-order chi connectivity index (χ1) is 14.2. The van der Waals surface area contributed by atoms with E-state index in [9.17, 15) is 0 Å². The summed E-state index contributed by atoms with van der Waals surface area (Å²) in [6.07, 6.45) is 0. The molecule has 0 amide bonds. The summed E-state index contributed by atoms with van der Waals surface area (Å²) in [5.74, 6) is 0. The summed E-state index contributed by atoms with van der Waals surface area (Å²) >= 11 is -4.82. The van der Waals surface area contributed by atoms with E-state index in [-0.39, 0.29) is 0 Å². The summed E-state index contributed by atoms with van der Waals surface area (Å²) in [5, 5.41) is 2.29.